The molecule has 2 aromatic carbocycles. The van der Waals surface area contributed by atoms with E-state index in [0.29, 0.717) is 19.3 Å². The molecule has 2 aliphatic rings. The van der Waals surface area contributed by atoms with Crippen molar-refractivity contribution in [1.82, 2.24) is 5.32 Å². The van der Waals surface area contributed by atoms with E-state index in [1.54, 1.807) is 26.0 Å². The molecular weight excluding hydrogens is 398 g/mol. The van der Waals surface area contributed by atoms with Crippen LogP contribution in [0.3, 0.4) is 0 Å². The monoisotopic (exact) mass is 423 g/mol. The molecule has 0 aromatic heterocycles. The second-order valence-corrected chi connectivity index (χ2v) is 8.49. The lowest BCUT2D eigenvalue weighted by atomic mass is 9.73. The topological polar surface area (TPSA) is 64.6 Å². The maximum Gasteiger partial charge on any atom is 0.225 e. The first-order valence-corrected chi connectivity index (χ1v) is 11.2. The minimum atomic E-state index is -0.190. The Morgan fingerprint density at radius 3 is 2.40 bits per heavy atom. The van der Waals surface area contributed by atoms with Gasteiger partial charge in [0.25, 0.3) is 0 Å². The minimum Gasteiger partial charge on any atom is -0.497 e. The Labute approximate surface area is 180 Å². The van der Waals surface area contributed by atoms with E-state index >= 15 is 0 Å². The van der Waals surface area contributed by atoms with Gasteiger partial charge in [-0.15, -0.1) is 11.8 Å². The first kappa shape index (κ1) is 20.5. The highest BCUT2D eigenvalue weighted by Crippen LogP contribution is 2.45. The Bertz CT molecular complexity index is 1010. The van der Waals surface area contributed by atoms with Crippen molar-refractivity contribution < 1.29 is 19.1 Å². The zero-order valence-electron chi connectivity index (χ0n) is 17.4. The van der Waals surface area contributed by atoms with E-state index in [1.807, 2.05) is 48.7 Å². The summed E-state index contributed by atoms with van der Waals surface area (Å²) in [5.74, 6) is 1.23. The number of allylic oxidation sites excluding steroid dienone is 2. The number of benzene rings is 2. The number of rotatable bonds is 5. The van der Waals surface area contributed by atoms with Gasteiger partial charge in [-0.2, -0.15) is 0 Å². The molecule has 0 unspecified atom stereocenters. The standard InChI is InChI=1S/C24H25NO4S/c1-28-16-6-9-22(29-2)18(12-16)15-10-20-24(21(26)11-15)19(13-23(27)25-20)14-4-7-17(30-3)8-5-14/h4-9,12,15,19H,10-11,13H2,1-3H3,(H,25,27)/t15-,19+/m1/s1. The van der Waals surface area contributed by atoms with Crippen LogP contribution in [0.5, 0.6) is 11.5 Å². The van der Waals surface area contributed by atoms with E-state index < -0.39 is 0 Å². The molecule has 1 N–H and O–H groups in total. The Balaban J connectivity index is 1.71. The van der Waals surface area contributed by atoms with Gasteiger partial charge in [-0.25, -0.2) is 0 Å². The summed E-state index contributed by atoms with van der Waals surface area (Å²) in [6.07, 6.45) is 3.31. The van der Waals surface area contributed by atoms with Crippen LogP contribution in [0.15, 0.2) is 58.6 Å². The van der Waals surface area contributed by atoms with Gasteiger partial charge in [-0.3, -0.25) is 9.59 Å². The highest BCUT2D eigenvalue weighted by atomic mass is 32.2. The van der Waals surface area contributed by atoms with Gasteiger partial charge in [-0.05, 0) is 48.6 Å². The van der Waals surface area contributed by atoms with Crippen LogP contribution in [0.4, 0.5) is 0 Å². The van der Waals surface area contributed by atoms with Crippen LogP contribution in [-0.2, 0) is 9.59 Å². The first-order valence-electron chi connectivity index (χ1n) is 9.96. The molecule has 1 amide bonds. The van der Waals surface area contributed by atoms with Gasteiger partial charge in [0.05, 0.1) is 14.2 Å². The smallest absolute Gasteiger partial charge is 0.225 e. The van der Waals surface area contributed by atoms with Crippen LogP contribution < -0.4 is 14.8 Å². The molecule has 0 fully saturated rings. The molecule has 0 bridgehead atoms. The fraction of sp³-hybridized carbons (Fsp3) is 0.333. The quantitative estimate of drug-likeness (QED) is 0.721. The lowest BCUT2D eigenvalue weighted by Gasteiger charge is -2.35. The first-order chi connectivity index (χ1) is 14.5. The van der Waals surface area contributed by atoms with E-state index in [4.69, 9.17) is 9.47 Å². The van der Waals surface area contributed by atoms with Crippen LogP contribution in [-0.4, -0.2) is 32.2 Å². The van der Waals surface area contributed by atoms with E-state index in [9.17, 15) is 9.59 Å². The molecule has 1 aliphatic heterocycles. The molecule has 0 saturated heterocycles. The van der Waals surface area contributed by atoms with Crippen molar-refractivity contribution in [3.63, 3.8) is 0 Å². The molecule has 156 valence electrons. The average molecular weight is 424 g/mol. The Kier molecular flexibility index (Phi) is 5.86. The summed E-state index contributed by atoms with van der Waals surface area (Å²) < 4.78 is 10.9. The molecule has 30 heavy (non-hydrogen) atoms. The van der Waals surface area contributed by atoms with Gasteiger partial charge >= 0.3 is 0 Å². The van der Waals surface area contributed by atoms with Crippen LogP contribution in [0.25, 0.3) is 0 Å². The molecule has 2 aromatic rings. The number of ketones is 1. The average Bonchev–Trinajstić information content (AvgIpc) is 2.77. The third-order valence-electron chi connectivity index (χ3n) is 5.93. The fourth-order valence-corrected chi connectivity index (χ4v) is 4.87. The Hall–Kier alpha value is -2.73. The number of methoxy groups -OCH3 is 2. The molecular formula is C24H25NO4S. The number of carbonyl (C=O) groups is 2. The van der Waals surface area contributed by atoms with Crippen molar-refractivity contribution in [2.45, 2.75) is 36.0 Å². The van der Waals surface area contributed by atoms with Gasteiger partial charge in [0.15, 0.2) is 5.78 Å². The molecule has 6 heteroatoms. The predicted octanol–water partition coefficient (Wildman–Crippen LogP) is 4.43. The van der Waals surface area contributed by atoms with Crippen molar-refractivity contribution in [3.05, 3.63) is 64.9 Å². The minimum absolute atomic E-state index is 0.0428. The lowest BCUT2D eigenvalue weighted by molar-refractivity contribution is -0.122. The summed E-state index contributed by atoms with van der Waals surface area (Å²) in [4.78, 5) is 26.9. The third-order valence-corrected chi connectivity index (χ3v) is 6.67. The van der Waals surface area contributed by atoms with E-state index in [0.717, 1.165) is 38.8 Å². The zero-order valence-corrected chi connectivity index (χ0v) is 18.2. The number of hydrogen-bond donors (Lipinski definition) is 1. The maximum absolute atomic E-state index is 13.3. The number of ether oxygens (including phenoxy) is 2. The molecule has 0 spiro atoms. The number of amides is 1. The molecule has 1 heterocycles. The van der Waals surface area contributed by atoms with Crippen LogP contribution in [0.2, 0.25) is 0 Å². The fourth-order valence-electron chi connectivity index (χ4n) is 4.46. The summed E-state index contributed by atoms with van der Waals surface area (Å²) in [6.45, 7) is 0. The maximum atomic E-state index is 13.3. The number of nitrogens with one attached hydrogen (secondary N) is 1. The summed E-state index contributed by atoms with van der Waals surface area (Å²) >= 11 is 1.67. The van der Waals surface area contributed by atoms with E-state index in [-0.39, 0.29) is 23.5 Å². The number of carbonyl (C=O) groups excluding carboxylic acids is 2. The van der Waals surface area contributed by atoms with Crippen molar-refractivity contribution in [1.29, 1.82) is 0 Å². The summed E-state index contributed by atoms with van der Waals surface area (Å²) in [5.41, 5.74) is 3.44. The molecule has 2 atom stereocenters. The highest BCUT2D eigenvalue weighted by Gasteiger charge is 2.38. The van der Waals surface area contributed by atoms with E-state index in [1.165, 1.54) is 0 Å². The summed E-state index contributed by atoms with van der Waals surface area (Å²) in [7, 11) is 3.24. The van der Waals surface area contributed by atoms with Gasteiger partial charge < -0.3 is 14.8 Å². The molecule has 5 nitrogen and oxygen atoms in total. The van der Waals surface area contributed by atoms with Crippen LogP contribution >= 0.6 is 11.8 Å². The second kappa shape index (κ2) is 8.56. The summed E-state index contributed by atoms with van der Waals surface area (Å²) in [6, 6.07) is 13.8. The Morgan fingerprint density at radius 2 is 1.73 bits per heavy atom. The van der Waals surface area contributed by atoms with Crippen LogP contribution in [0.1, 0.15) is 42.2 Å². The van der Waals surface area contributed by atoms with Crippen molar-refractivity contribution in [3.8, 4) is 11.5 Å². The molecule has 0 saturated carbocycles. The Morgan fingerprint density at radius 1 is 0.967 bits per heavy atom. The molecule has 1 aliphatic carbocycles. The predicted molar refractivity (Wildman–Crippen MR) is 117 cm³/mol. The van der Waals surface area contributed by atoms with Crippen LogP contribution in [0, 0.1) is 0 Å². The van der Waals surface area contributed by atoms with Gasteiger partial charge in [0.2, 0.25) is 5.91 Å². The number of Topliss-reactive ketones (excluding diaryl/α,β-unsaturated/α-hetero) is 1. The number of thioether (sulfide) groups is 1. The van der Waals surface area contributed by atoms with E-state index in [2.05, 4.69) is 5.32 Å². The number of hydrogen-bond acceptors (Lipinski definition) is 5. The lowest BCUT2D eigenvalue weighted by Crippen LogP contribution is -2.38. The normalized spacial score (nSPS) is 21.2. The van der Waals surface area contributed by atoms with Crippen molar-refractivity contribution in [2.75, 3.05) is 20.5 Å². The zero-order chi connectivity index (χ0) is 21.3. The highest BCUT2D eigenvalue weighted by molar-refractivity contribution is 7.98. The molecule has 4 rings (SSSR count). The van der Waals surface area contributed by atoms with Gasteiger partial charge in [-0.1, -0.05) is 12.1 Å². The SMILES string of the molecule is COc1ccc(OC)c([C@H]2CC(=O)C3=C(C2)NC(=O)C[C@H]3c2ccc(SC)cc2)c1. The third kappa shape index (κ3) is 3.84. The van der Waals surface area contributed by atoms with Crippen molar-refractivity contribution in [2.24, 2.45) is 0 Å². The largest absolute Gasteiger partial charge is 0.497 e. The molecule has 0 radical (unpaired) electrons. The van der Waals surface area contributed by atoms with Gasteiger partial charge in [0.1, 0.15) is 11.5 Å². The summed E-state index contributed by atoms with van der Waals surface area (Å²) in [5, 5.41) is 2.98. The second-order valence-electron chi connectivity index (χ2n) is 7.61. The van der Waals surface area contributed by atoms with Gasteiger partial charge in [0, 0.05) is 46.4 Å². The van der Waals surface area contributed by atoms with Crippen molar-refractivity contribution >= 4 is 23.5 Å².